The standard InChI is InChI=1S/C13H17N3O3S/c14-11(17)10-8-2-1-3-9(8)20-12(10)15-13(18)16-4-6-19-7-5-16/h1-7H2,(H2,14,17)(H,15,18). The molecule has 1 aliphatic carbocycles. The topological polar surface area (TPSA) is 84.7 Å². The molecule has 3 N–H and O–H groups in total. The van der Waals surface area contributed by atoms with Crippen LogP contribution in [-0.4, -0.2) is 43.1 Å². The molecule has 20 heavy (non-hydrogen) atoms. The van der Waals surface area contributed by atoms with Crippen molar-refractivity contribution in [1.29, 1.82) is 0 Å². The van der Waals surface area contributed by atoms with Crippen molar-refractivity contribution in [3.05, 3.63) is 16.0 Å². The maximum absolute atomic E-state index is 12.2. The van der Waals surface area contributed by atoms with Gasteiger partial charge in [0.1, 0.15) is 5.00 Å². The van der Waals surface area contributed by atoms with E-state index >= 15 is 0 Å². The van der Waals surface area contributed by atoms with Gasteiger partial charge in [-0.2, -0.15) is 0 Å². The maximum atomic E-state index is 12.2. The van der Waals surface area contributed by atoms with E-state index in [2.05, 4.69) is 5.32 Å². The number of thiophene rings is 1. The van der Waals surface area contributed by atoms with E-state index in [9.17, 15) is 9.59 Å². The van der Waals surface area contributed by atoms with Crippen molar-refractivity contribution < 1.29 is 14.3 Å². The van der Waals surface area contributed by atoms with E-state index in [0.717, 1.165) is 24.8 Å². The lowest BCUT2D eigenvalue weighted by atomic mass is 10.1. The van der Waals surface area contributed by atoms with Gasteiger partial charge in [-0.15, -0.1) is 11.3 Å². The van der Waals surface area contributed by atoms with E-state index in [1.807, 2.05) is 0 Å². The van der Waals surface area contributed by atoms with E-state index in [1.165, 1.54) is 16.2 Å². The molecular weight excluding hydrogens is 278 g/mol. The molecule has 0 unspecified atom stereocenters. The highest BCUT2D eigenvalue weighted by Gasteiger charge is 2.27. The number of carbonyl (C=O) groups excluding carboxylic acids is 2. The molecule has 0 atom stereocenters. The number of fused-ring (bicyclic) bond motifs is 1. The Morgan fingerprint density at radius 2 is 2.00 bits per heavy atom. The minimum absolute atomic E-state index is 0.185. The highest BCUT2D eigenvalue weighted by atomic mass is 32.1. The molecule has 2 heterocycles. The van der Waals surface area contributed by atoms with Crippen LogP contribution in [0.4, 0.5) is 9.80 Å². The van der Waals surface area contributed by atoms with Crippen LogP contribution in [0.3, 0.4) is 0 Å². The van der Waals surface area contributed by atoms with Gasteiger partial charge >= 0.3 is 6.03 Å². The molecule has 1 aromatic rings. The van der Waals surface area contributed by atoms with Gasteiger partial charge in [-0.25, -0.2) is 4.79 Å². The number of rotatable bonds is 2. The van der Waals surface area contributed by atoms with E-state index < -0.39 is 5.91 Å². The Balaban J connectivity index is 1.80. The molecule has 1 aromatic heterocycles. The quantitative estimate of drug-likeness (QED) is 0.859. The second kappa shape index (κ2) is 5.41. The summed E-state index contributed by atoms with van der Waals surface area (Å²) in [5.41, 5.74) is 7.00. The Labute approximate surface area is 120 Å². The van der Waals surface area contributed by atoms with Crippen molar-refractivity contribution in [1.82, 2.24) is 4.90 Å². The Bertz CT molecular complexity index is 549. The average Bonchev–Trinajstić information content (AvgIpc) is 2.99. The Kier molecular flexibility index (Phi) is 3.62. The fourth-order valence-corrected chi connectivity index (χ4v) is 3.98. The number of nitrogens with zero attached hydrogens (tertiary/aromatic N) is 1. The smallest absolute Gasteiger partial charge is 0.322 e. The van der Waals surface area contributed by atoms with Crippen LogP contribution in [0.2, 0.25) is 0 Å². The third-order valence-electron chi connectivity index (χ3n) is 3.69. The zero-order valence-electron chi connectivity index (χ0n) is 11.1. The Hall–Kier alpha value is -1.60. The van der Waals surface area contributed by atoms with E-state index in [-0.39, 0.29) is 6.03 Å². The predicted octanol–water partition coefficient (Wildman–Crippen LogP) is 1.20. The van der Waals surface area contributed by atoms with Gasteiger partial charge in [-0.05, 0) is 24.8 Å². The van der Waals surface area contributed by atoms with Crippen molar-refractivity contribution in [2.45, 2.75) is 19.3 Å². The summed E-state index contributed by atoms with van der Waals surface area (Å²) in [6.07, 6.45) is 2.89. The molecule has 1 saturated heterocycles. The molecule has 6 nitrogen and oxygen atoms in total. The van der Waals surface area contributed by atoms with Gasteiger partial charge in [0.2, 0.25) is 0 Å². The fourth-order valence-electron chi connectivity index (χ4n) is 2.70. The van der Waals surface area contributed by atoms with Crippen LogP contribution >= 0.6 is 11.3 Å². The molecule has 1 aliphatic heterocycles. The number of hydrogen-bond acceptors (Lipinski definition) is 4. The first-order valence-electron chi connectivity index (χ1n) is 6.75. The molecule has 0 radical (unpaired) electrons. The van der Waals surface area contributed by atoms with Gasteiger partial charge in [-0.1, -0.05) is 0 Å². The number of aryl methyl sites for hydroxylation is 1. The number of ether oxygens (including phenoxy) is 1. The third-order valence-corrected chi connectivity index (χ3v) is 4.89. The van der Waals surface area contributed by atoms with Crippen molar-refractivity contribution in [2.24, 2.45) is 5.73 Å². The Morgan fingerprint density at radius 3 is 2.70 bits per heavy atom. The minimum atomic E-state index is -0.457. The summed E-state index contributed by atoms with van der Waals surface area (Å²) in [6, 6.07) is -0.185. The van der Waals surface area contributed by atoms with Gasteiger partial charge < -0.3 is 15.4 Å². The number of nitrogens with two attached hydrogens (primary N) is 1. The van der Waals surface area contributed by atoms with Gasteiger partial charge in [0.05, 0.1) is 18.8 Å². The summed E-state index contributed by atoms with van der Waals surface area (Å²) in [4.78, 5) is 26.7. The molecule has 0 bridgehead atoms. The van der Waals surface area contributed by atoms with Crippen LogP contribution in [0.25, 0.3) is 0 Å². The largest absolute Gasteiger partial charge is 0.378 e. The summed E-state index contributed by atoms with van der Waals surface area (Å²) in [5, 5.41) is 3.44. The van der Waals surface area contributed by atoms with E-state index in [1.54, 1.807) is 4.90 Å². The van der Waals surface area contributed by atoms with Gasteiger partial charge in [-0.3, -0.25) is 10.1 Å². The van der Waals surface area contributed by atoms with Crippen LogP contribution in [0, 0.1) is 0 Å². The van der Waals surface area contributed by atoms with Crippen LogP contribution in [-0.2, 0) is 17.6 Å². The zero-order valence-corrected chi connectivity index (χ0v) is 11.9. The lowest BCUT2D eigenvalue weighted by Crippen LogP contribution is -2.43. The van der Waals surface area contributed by atoms with Gasteiger partial charge in [0.25, 0.3) is 5.91 Å². The average molecular weight is 295 g/mol. The maximum Gasteiger partial charge on any atom is 0.322 e. The molecule has 0 aromatic carbocycles. The number of morpholine rings is 1. The number of primary amides is 1. The number of carbonyl (C=O) groups is 2. The van der Waals surface area contributed by atoms with Crippen LogP contribution in [0.15, 0.2) is 0 Å². The van der Waals surface area contributed by atoms with Crippen LogP contribution in [0.5, 0.6) is 0 Å². The molecule has 3 rings (SSSR count). The van der Waals surface area contributed by atoms with Crippen LogP contribution < -0.4 is 11.1 Å². The van der Waals surface area contributed by atoms with Gasteiger partial charge in [0, 0.05) is 18.0 Å². The number of amides is 3. The second-order valence-electron chi connectivity index (χ2n) is 4.96. The predicted molar refractivity (Wildman–Crippen MR) is 76.3 cm³/mol. The first kappa shape index (κ1) is 13.4. The van der Waals surface area contributed by atoms with Crippen molar-refractivity contribution in [3.8, 4) is 0 Å². The molecule has 0 saturated carbocycles. The highest BCUT2D eigenvalue weighted by Crippen LogP contribution is 2.38. The minimum Gasteiger partial charge on any atom is -0.378 e. The number of urea groups is 1. The van der Waals surface area contributed by atoms with Crippen molar-refractivity contribution >= 4 is 28.3 Å². The Morgan fingerprint density at radius 1 is 1.25 bits per heavy atom. The molecule has 7 heteroatoms. The second-order valence-corrected chi connectivity index (χ2v) is 6.06. The van der Waals surface area contributed by atoms with Crippen LogP contribution in [0.1, 0.15) is 27.2 Å². The lowest BCUT2D eigenvalue weighted by Gasteiger charge is -2.26. The van der Waals surface area contributed by atoms with E-state index in [0.29, 0.717) is 36.9 Å². The van der Waals surface area contributed by atoms with Crippen molar-refractivity contribution in [2.75, 3.05) is 31.6 Å². The highest BCUT2D eigenvalue weighted by molar-refractivity contribution is 7.17. The monoisotopic (exact) mass is 295 g/mol. The SMILES string of the molecule is NC(=O)c1c(NC(=O)N2CCOCC2)sc2c1CCC2. The van der Waals surface area contributed by atoms with E-state index in [4.69, 9.17) is 10.5 Å². The summed E-state index contributed by atoms with van der Waals surface area (Å²) in [5.74, 6) is -0.457. The molecule has 0 spiro atoms. The first-order chi connectivity index (χ1) is 9.66. The summed E-state index contributed by atoms with van der Waals surface area (Å²) in [6.45, 7) is 2.25. The molecular formula is C13H17N3O3S. The summed E-state index contributed by atoms with van der Waals surface area (Å²) >= 11 is 1.48. The number of nitrogens with one attached hydrogen (secondary N) is 1. The third kappa shape index (κ3) is 2.38. The van der Waals surface area contributed by atoms with Gasteiger partial charge in [0.15, 0.2) is 0 Å². The molecule has 3 amide bonds. The lowest BCUT2D eigenvalue weighted by molar-refractivity contribution is 0.0565. The summed E-state index contributed by atoms with van der Waals surface area (Å²) < 4.78 is 5.22. The molecule has 108 valence electrons. The number of hydrogen-bond donors (Lipinski definition) is 2. The molecule has 2 aliphatic rings. The first-order valence-corrected chi connectivity index (χ1v) is 7.56. The van der Waals surface area contributed by atoms with Crippen molar-refractivity contribution in [3.63, 3.8) is 0 Å². The normalized spacial score (nSPS) is 17.9. The number of anilines is 1. The zero-order chi connectivity index (χ0) is 14.1. The fraction of sp³-hybridized carbons (Fsp3) is 0.538. The summed E-state index contributed by atoms with van der Waals surface area (Å²) in [7, 11) is 0. The molecule has 1 fully saturated rings.